The molecule has 1 aliphatic rings. The zero-order chi connectivity index (χ0) is 13.7. The molecule has 0 radical (unpaired) electrons. The Morgan fingerprint density at radius 1 is 1.53 bits per heavy atom. The van der Waals surface area contributed by atoms with Gasteiger partial charge in [0.25, 0.3) is 5.88 Å². The van der Waals surface area contributed by atoms with Crippen LogP contribution in [0.25, 0.3) is 0 Å². The van der Waals surface area contributed by atoms with Crippen molar-refractivity contribution in [3.05, 3.63) is 16.4 Å². The Balaban J connectivity index is 2.08. The fourth-order valence-corrected chi connectivity index (χ4v) is 3.20. The first-order valence-corrected chi connectivity index (χ1v) is 7.23. The standard InChI is InChI=1S/C11H16N4O3S/c1-18-11-9(15(16)17)10(13-7-14-11)12-6-8-2-4-19-5-3-8/h7-8H,2-6H2,1H3,(H,12,13,14). The molecule has 0 amide bonds. The third kappa shape index (κ3) is 3.46. The Kier molecular flexibility index (Phi) is 4.78. The summed E-state index contributed by atoms with van der Waals surface area (Å²) in [4.78, 5) is 18.2. The van der Waals surface area contributed by atoms with Crippen LogP contribution in [-0.2, 0) is 0 Å². The Morgan fingerprint density at radius 3 is 2.89 bits per heavy atom. The van der Waals surface area contributed by atoms with Gasteiger partial charge >= 0.3 is 5.69 Å². The molecule has 0 aliphatic carbocycles. The molecule has 0 unspecified atom stereocenters. The molecule has 104 valence electrons. The maximum absolute atomic E-state index is 11.1. The lowest BCUT2D eigenvalue weighted by Crippen LogP contribution is -2.20. The van der Waals surface area contributed by atoms with Gasteiger partial charge in [-0.05, 0) is 30.3 Å². The number of thioether (sulfide) groups is 1. The van der Waals surface area contributed by atoms with Crippen molar-refractivity contribution in [2.24, 2.45) is 5.92 Å². The highest BCUT2D eigenvalue weighted by molar-refractivity contribution is 7.99. The topological polar surface area (TPSA) is 90.2 Å². The van der Waals surface area contributed by atoms with Crippen LogP contribution >= 0.6 is 11.8 Å². The van der Waals surface area contributed by atoms with Gasteiger partial charge in [-0.15, -0.1) is 0 Å². The Bertz CT molecular complexity index is 452. The van der Waals surface area contributed by atoms with Crippen molar-refractivity contribution in [2.45, 2.75) is 12.8 Å². The lowest BCUT2D eigenvalue weighted by Gasteiger charge is -2.21. The van der Waals surface area contributed by atoms with Crippen LogP contribution in [0.15, 0.2) is 6.33 Å². The van der Waals surface area contributed by atoms with Crippen LogP contribution in [0.2, 0.25) is 0 Å². The van der Waals surface area contributed by atoms with Crippen molar-refractivity contribution in [1.29, 1.82) is 0 Å². The predicted molar refractivity (Wildman–Crippen MR) is 73.8 cm³/mol. The van der Waals surface area contributed by atoms with Crippen LogP contribution in [0.1, 0.15) is 12.8 Å². The monoisotopic (exact) mass is 284 g/mol. The Hall–Kier alpha value is -1.57. The van der Waals surface area contributed by atoms with E-state index in [9.17, 15) is 10.1 Å². The summed E-state index contributed by atoms with van der Waals surface area (Å²) >= 11 is 1.95. The summed E-state index contributed by atoms with van der Waals surface area (Å²) in [6.07, 6.45) is 3.53. The van der Waals surface area contributed by atoms with Crippen molar-refractivity contribution in [3.8, 4) is 5.88 Å². The van der Waals surface area contributed by atoms with Crippen LogP contribution in [0, 0.1) is 16.0 Å². The summed E-state index contributed by atoms with van der Waals surface area (Å²) in [6.45, 7) is 0.696. The minimum Gasteiger partial charge on any atom is -0.476 e. The highest BCUT2D eigenvalue weighted by Crippen LogP contribution is 2.31. The van der Waals surface area contributed by atoms with Gasteiger partial charge < -0.3 is 10.1 Å². The molecule has 7 nitrogen and oxygen atoms in total. The van der Waals surface area contributed by atoms with Crippen LogP contribution in [0.5, 0.6) is 5.88 Å². The molecule has 2 rings (SSSR count). The van der Waals surface area contributed by atoms with Gasteiger partial charge in [-0.25, -0.2) is 4.98 Å². The van der Waals surface area contributed by atoms with E-state index < -0.39 is 4.92 Å². The molecular formula is C11H16N4O3S. The van der Waals surface area contributed by atoms with E-state index in [1.54, 1.807) is 0 Å². The first kappa shape index (κ1) is 13.9. The number of nitro groups is 1. The first-order chi connectivity index (χ1) is 9.22. The highest BCUT2D eigenvalue weighted by atomic mass is 32.2. The molecule has 19 heavy (non-hydrogen) atoms. The molecule has 1 fully saturated rings. The number of anilines is 1. The summed E-state index contributed by atoms with van der Waals surface area (Å²) < 4.78 is 4.90. The summed E-state index contributed by atoms with van der Waals surface area (Å²) in [5, 5.41) is 14.1. The third-order valence-electron chi connectivity index (χ3n) is 3.06. The van der Waals surface area contributed by atoms with Crippen molar-refractivity contribution < 1.29 is 9.66 Å². The maximum atomic E-state index is 11.1. The van der Waals surface area contributed by atoms with Crippen LogP contribution in [-0.4, -0.2) is 40.1 Å². The Labute approximate surface area is 115 Å². The van der Waals surface area contributed by atoms with E-state index in [2.05, 4.69) is 15.3 Å². The first-order valence-electron chi connectivity index (χ1n) is 6.07. The number of nitrogens with zero attached hydrogens (tertiary/aromatic N) is 3. The van der Waals surface area contributed by atoms with Crippen LogP contribution in [0.4, 0.5) is 11.5 Å². The van der Waals surface area contributed by atoms with Gasteiger partial charge in [0, 0.05) is 6.54 Å². The van der Waals surface area contributed by atoms with Gasteiger partial charge in [0.15, 0.2) is 0 Å². The molecule has 1 aromatic rings. The molecule has 0 saturated carbocycles. The molecule has 1 aliphatic heterocycles. The zero-order valence-corrected chi connectivity index (χ0v) is 11.5. The second kappa shape index (κ2) is 6.55. The third-order valence-corrected chi connectivity index (χ3v) is 4.11. The van der Waals surface area contributed by atoms with Crippen molar-refractivity contribution in [1.82, 2.24) is 9.97 Å². The lowest BCUT2D eigenvalue weighted by atomic mass is 10.0. The molecule has 1 aromatic heterocycles. The number of hydrogen-bond donors (Lipinski definition) is 1. The largest absolute Gasteiger partial charge is 0.476 e. The summed E-state index contributed by atoms with van der Waals surface area (Å²) in [5.41, 5.74) is -0.199. The fraction of sp³-hybridized carbons (Fsp3) is 0.636. The van der Waals surface area contributed by atoms with Gasteiger partial charge in [0.1, 0.15) is 6.33 Å². The van der Waals surface area contributed by atoms with E-state index >= 15 is 0 Å². The minimum absolute atomic E-state index is 0.0123. The van der Waals surface area contributed by atoms with E-state index in [1.165, 1.54) is 13.4 Å². The SMILES string of the molecule is COc1ncnc(NCC2CCSCC2)c1[N+](=O)[O-]. The molecule has 8 heteroatoms. The molecule has 0 atom stereocenters. The smallest absolute Gasteiger partial charge is 0.372 e. The van der Waals surface area contributed by atoms with Gasteiger partial charge in [-0.3, -0.25) is 10.1 Å². The second-order valence-electron chi connectivity index (χ2n) is 4.27. The normalized spacial score (nSPS) is 16.1. The second-order valence-corrected chi connectivity index (χ2v) is 5.50. The molecule has 0 aromatic carbocycles. The summed E-state index contributed by atoms with van der Waals surface area (Å²) in [7, 11) is 1.36. The quantitative estimate of drug-likeness (QED) is 0.652. The van der Waals surface area contributed by atoms with E-state index in [0.717, 1.165) is 24.3 Å². The molecule has 0 bridgehead atoms. The van der Waals surface area contributed by atoms with Gasteiger partial charge in [-0.1, -0.05) is 0 Å². The number of ether oxygens (including phenoxy) is 1. The van der Waals surface area contributed by atoms with Crippen molar-refractivity contribution >= 4 is 23.3 Å². The van der Waals surface area contributed by atoms with Crippen molar-refractivity contribution in [3.63, 3.8) is 0 Å². The number of aromatic nitrogens is 2. The zero-order valence-electron chi connectivity index (χ0n) is 10.7. The van der Waals surface area contributed by atoms with Gasteiger partial charge in [0.05, 0.1) is 12.0 Å². The predicted octanol–water partition coefficient (Wildman–Crippen LogP) is 1.95. The molecular weight excluding hydrogens is 268 g/mol. The van der Waals surface area contributed by atoms with E-state index in [4.69, 9.17) is 4.74 Å². The molecule has 2 heterocycles. The van der Waals surface area contributed by atoms with E-state index in [0.29, 0.717) is 12.5 Å². The van der Waals surface area contributed by atoms with E-state index in [-0.39, 0.29) is 17.4 Å². The van der Waals surface area contributed by atoms with Gasteiger partial charge in [0.2, 0.25) is 5.82 Å². The minimum atomic E-state index is -0.516. The van der Waals surface area contributed by atoms with Crippen molar-refractivity contribution in [2.75, 3.05) is 30.5 Å². The number of methoxy groups -OCH3 is 1. The number of rotatable bonds is 5. The molecule has 0 spiro atoms. The lowest BCUT2D eigenvalue weighted by molar-refractivity contribution is -0.385. The van der Waals surface area contributed by atoms with Crippen LogP contribution in [0.3, 0.4) is 0 Å². The fourth-order valence-electron chi connectivity index (χ4n) is 2.00. The van der Waals surface area contributed by atoms with Crippen LogP contribution < -0.4 is 10.1 Å². The number of nitrogens with one attached hydrogen (secondary N) is 1. The molecule has 1 saturated heterocycles. The highest BCUT2D eigenvalue weighted by Gasteiger charge is 2.24. The van der Waals surface area contributed by atoms with Gasteiger partial charge in [-0.2, -0.15) is 16.7 Å². The average molecular weight is 284 g/mol. The maximum Gasteiger partial charge on any atom is 0.372 e. The summed E-state index contributed by atoms with van der Waals surface area (Å²) in [6, 6.07) is 0. The summed E-state index contributed by atoms with van der Waals surface area (Å²) in [5.74, 6) is 3.07. The average Bonchev–Trinajstić information content (AvgIpc) is 2.45. The van der Waals surface area contributed by atoms with E-state index in [1.807, 2.05) is 11.8 Å². The number of hydrogen-bond acceptors (Lipinski definition) is 7. The Morgan fingerprint density at radius 2 is 2.26 bits per heavy atom. The molecule has 1 N–H and O–H groups in total.